The number of ether oxygens (including phenoxy) is 1. The molecule has 1 aromatic heterocycles. The van der Waals surface area contributed by atoms with Crippen LogP contribution in [0.1, 0.15) is 27.8 Å². The van der Waals surface area contributed by atoms with Crippen LogP contribution in [0.4, 0.5) is 0 Å². The Morgan fingerprint density at radius 2 is 2.11 bits per heavy atom. The molecule has 4 heteroatoms. The van der Waals surface area contributed by atoms with Gasteiger partial charge in [-0.25, -0.2) is 0 Å². The normalized spacial score (nSPS) is 15.3. The minimum absolute atomic E-state index is 0.297. The molecule has 0 amide bonds. The van der Waals surface area contributed by atoms with Gasteiger partial charge in [-0.05, 0) is 30.7 Å². The zero-order valence-electron chi connectivity index (χ0n) is 9.87. The van der Waals surface area contributed by atoms with Gasteiger partial charge in [0.1, 0.15) is 11.5 Å². The minimum Gasteiger partial charge on any atom is -0.493 e. The Balaban J connectivity index is 2.10. The fourth-order valence-corrected chi connectivity index (χ4v) is 2.95. The number of hydrogen-bond acceptors (Lipinski definition) is 2. The first-order valence-corrected chi connectivity index (χ1v) is 6.61. The molecular formula is C14H12Cl2O2. The van der Waals surface area contributed by atoms with Crippen molar-refractivity contribution in [1.29, 1.82) is 0 Å². The molecule has 0 aliphatic carbocycles. The van der Waals surface area contributed by atoms with Crippen molar-refractivity contribution < 1.29 is 9.15 Å². The number of fused-ring (bicyclic) bond motifs is 1. The predicted octanol–water partition coefficient (Wildman–Crippen LogP) is 4.50. The lowest BCUT2D eigenvalue weighted by Gasteiger charge is -2.14. The lowest BCUT2D eigenvalue weighted by molar-refractivity contribution is 0.353. The zero-order chi connectivity index (χ0) is 12.7. The van der Waals surface area contributed by atoms with Crippen LogP contribution in [0.2, 0.25) is 5.02 Å². The van der Waals surface area contributed by atoms with Crippen molar-refractivity contribution in [3.8, 4) is 5.75 Å². The molecule has 2 aromatic rings. The number of rotatable bonds is 2. The van der Waals surface area contributed by atoms with Gasteiger partial charge in [-0.3, -0.25) is 0 Å². The van der Waals surface area contributed by atoms with E-state index < -0.39 is 0 Å². The summed E-state index contributed by atoms with van der Waals surface area (Å²) in [6.45, 7) is 2.59. The van der Waals surface area contributed by atoms with Crippen LogP contribution in [-0.2, 0) is 6.42 Å². The van der Waals surface area contributed by atoms with Crippen LogP contribution < -0.4 is 4.74 Å². The van der Waals surface area contributed by atoms with Gasteiger partial charge in [-0.1, -0.05) is 11.6 Å². The number of hydrogen-bond donors (Lipinski definition) is 0. The van der Waals surface area contributed by atoms with E-state index >= 15 is 0 Å². The van der Waals surface area contributed by atoms with Gasteiger partial charge in [0.25, 0.3) is 0 Å². The van der Waals surface area contributed by atoms with Gasteiger partial charge in [-0.2, -0.15) is 0 Å². The summed E-state index contributed by atoms with van der Waals surface area (Å²) in [5.74, 6) is 1.70. The maximum atomic E-state index is 6.54. The summed E-state index contributed by atoms with van der Waals surface area (Å²) in [4.78, 5) is 0. The molecule has 0 saturated carbocycles. The molecule has 94 valence electrons. The van der Waals surface area contributed by atoms with E-state index in [-0.39, 0.29) is 5.38 Å². The van der Waals surface area contributed by atoms with E-state index in [2.05, 4.69) is 0 Å². The van der Waals surface area contributed by atoms with Gasteiger partial charge in [0.15, 0.2) is 0 Å². The summed E-state index contributed by atoms with van der Waals surface area (Å²) in [6.07, 6.45) is 2.53. The average Bonchev–Trinajstić information content (AvgIpc) is 2.95. The summed E-state index contributed by atoms with van der Waals surface area (Å²) < 4.78 is 11.0. The number of halogens is 2. The Hall–Kier alpha value is -1.12. The van der Waals surface area contributed by atoms with Crippen molar-refractivity contribution in [2.24, 2.45) is 0 Å². The average molecular weight is 283 g/mol. The minimum atomic E-state index is -0.297. The van der Waals surface area contributed by atoms with Crippen LogP contribution in [0.5, 0.6) is 5.75 Å². The summed E-state index contributed by atoms with van der Waals surface area (Å²) in [6, 6.07) is 5.70. The van der Waals surface area contributed by atoms with Gasteiger partial charge in [0.2, 0.25) is 0 Å². The number of alkyl halides is 1. The summed E-state index contributed by atoms with van der Waals surface area (Å²) >= 11 is 12.7. The van der Waals surface area contributed by atoms with Crippen molar-refractivity contribution in [2.45, 2.75) is 18.7 Å². The number of furan rings is 1. The second-order valence-electron chi connectivity index (χ2n) is 4.38. The van der Waals surface area contributed by atoms with Crippen molar-refractivity contribution >= 4 is 23.2 Å². The van der Waals surface area contributed by atoms with Crippen molar-refractivity contribution in [3.05, 3.63) is 51.9 Å². The van der Waals surface area contributed by atoms with Gasteiger partial charge in [0.05, 0.1) is 18.2 Å². The third kappa shape index (κ3) is 1.90. The molecule has 0 N–H and O–H groups in total. The SMILES string of the molecule is Cc1occc1C(Cl)c1cc(Cl)cc2c1OCC2. The lowest BCUT2D eigenvalue weighted by atomic mass is 10.0. The third-order valence-corrected chi connectivity index (χ3v) is 3.91. The molecule has 0 fully saturated rings. The van der Waals surface area contributed by atoms with E-state index in [1.807, 2.05) is 25.1 Å². The first kappa shape index (κ1) is 11.9. The van der Waals surface area contributed by atoms with Crippen LogP contribution in [0.25, 0.3) is 0 Å². The number of benzene rings is 1. The summed E-state index contributed by atoms with van der Waals surface area (Å²) in [5, 5.41) is 0.398. The van der Waals surface area contributed by atoms with Gasteiger partial charge in [0, 0.05) is 22.6 Å². The van der Waals surface area contributed by atoms with E-state index in [0.29, 0.717) is 11.6 Å². The molecule has 1 aliphatic rings. The highest BCUT2D eigenvalue weighted by Gasteiger charge is 2.24. The van der Waals surface area contributed by atoms with E-state index in [9.17, 15) is 0 Å². The smallest absolute Gasteiger partial charge is 0.127 e. The fourth-order valence-electron chi connectivity index (χ4n) is 2.31. The van der Waals surface area contributed by atoms with Crippen LogP contribution in [0.15, 0.2) is 28.9 Å². The molecule has 0 radical (unpaired) electrons. The van der Waals surface area contributed by atoms with E-state index in [4.69, 9.17) is 32.4 Å². The molecule has 3 rings (SSSR count). The van der Waals surface area contributed by atoms with Gasteiger partial charge < -0.3 is 9.15 Å². The molecular weight excluding hydrogens is 271 g/mol. The summed E-state index contributed by atoms with van der Waals surface area (Å²) in [7, 11) is 0. The Morgan fingerprint density at radius 1 is 1.28 bits per heavy atom. The third-order valence-electron chi connectivity index (χ3n) is 3.22. The molecule has 0 saturated heterocycles. The van der Waals surface area contributed by atoms with Gasteiger partial charge in [-0.15, -0.1) is 11.6 Å². The maximum Gasteiger partial charge on any atom is 0.127 e. The van der Waals surface area contributed by atoms with E-state index in [0.717, 1.165) is 34.6 Å². The van der Waals surface area contributed by atoms with Crippen molar-refractivity contribution in [3.63, 3.8) is 0 Å². The number of aryl methyl sites for hydroxylation is 1. The highest BCUT2D eigenvalue weighted by atomic mass is 35.5. The standard InChI is InChI=1S/C14H12Cl2O2/c1-8-11(3-5-17-8)13(16)12-7-10(15)6-9-2-4-18-14(9)12/h3,5-7,13H,2,4H2,1H3. The second-order valence-corrected chi connectivity index (χ2v) is 5.25. The molecule has 18 heavy (non-hydrogen) atoms. The van der Waals surface area contributed by atoms with Crippen LogP contribution in [-0.4, -0.2) is 6.61 Å². The molecule has 1 aliphatic heterocycles. The molecule has 0 bridgehead atoms. The second kappa shape index (κ2) is 4.52. The van der Waals surface area contributed by atoms with Crippen molar-refractivity contribution in [1.82, 2.24) is 0 Å². The van der Waals surface area contributed by atoms with Crippen molar-refractivity contribution in [2.75, 3.05) is 6.61 Å². The first-order valence-electron chi connectivity index (χ1n) is 5.80. The highest BCUT2D eigenvalue weighted by Crippen LogP contribution is 2.42. The Kier molecular flexibility index (Phi) is 3.00. The topological polar surface area (TPSA) is 22.4 Å². The fraction of sp³-hybridized carbons (Fsp3) is 0.286. The van der Waals surface area contributed by atoms with E-state index in [1.165, 1.54) is 0 Å². The van der Waals surface area contributed by atoms with Crippen LogP contribution >= 0.6 is 23.2 Å². The molecule has 1 aromatic carbocycles. The van der Waals surface area contributed by atoms with Crippen LogP contribution in [0.3, 0.4) is 0 Å². The largest absolute Gasteiger partial charge is 0.493 e. The Labute approximate surface area is 115 Å². The van der Waals surface area contributed by atoms with Gasteiger partial charge >= 0.3 is 0 Å². The quantitative estimate of drug-likeness (QED) is 0.757. The molecule has 0 spiro atoms. The van der Waals surface area contributed by atoms with Crippen LogP contribution in [0, 0.1) is 6.92 Å². The summed E-state index contributed by atoms with van der Waals surface area (Å²) in [5.41, 5.74) is 3.00. The van der Waals surface area contributed by atoms with E-state index in [1.54, 1.807) is 6.26 Å². The molecule has 2 nitrogen and oxygen atoms in total. The zero-order valence-corrected chi connectivity index (χ0v) is 11.4. The molecule has 2 heterocycles. The monoisotopic (exact) mass is 282 g/mol. The Morgan fingerprint density at radius 3 is 2.83 bits per heavy atom. The Bertz CT molecular complexity index is 589. The predicted molar refractivity (Wildman–Crippen MR) is 71.8 cm³/mol. The first-order chi connectivity index (χ1) is 8.66. The molecule has 1 unspecified atom stereocenters. The maximum absolute atomic E-state index is 6.54. The molecule has 1 atom stereocenters. The lowest BCUT2D eigenvalue weighted by Crippen LogP contribution is -1.97. The highest BCUT2D eigenvalue weighted by molar-refractivity contribution is 6.31.